The summed E-state index contributed by atoms with van der Waals surface area (Å²) in [5.41, 5.74) is 6.46. The Morgan fingerprint density at radius 1 is 1.58 bits per heavy atom. The lowest BCUT2D eigenvalue weighted by Crippen LogP contribution is -2.54. The molecule has 0 radical (unpaired) electrons. The number of hydrogen-bond donors (Lipinski definition) is 1. The van der Waals surface area contributed by atoms with E-state index in [1.165, 1.54) is 38.8 Å². The van der Waals surface area contributed by atoms with Crippen molar-refractivity contribution in [2.75, 3.05) is 19.6 Å². The fourth-order valence-electron chi connectivity index (χ4n) is 2.55. The maximum absolute atomic E-state index is 6.23. The quantitative estimate of drug-likeness (QED) is 0.686. The summed E-state index contributed by atoms with van der Waals surface area (Å²) in [6, 6.07) is 0. The van der Waals surface area contributed by atoms with Crippen LogP contribution < -0.4 is 5.73 Å². The number of hydrogen-bond acceptors (Lipinski definition) is 2. The highest BCUT2D eigenvalue weighted by molar-refractivity contribution is 5.08. The van der Waals surface area contributed by atoms with Crippen molar-refractivity contribution >= 4 is 0 Å². The first-order valence-electron chi connectivity index (χ1n) is 5.26. The maximum Gasteiger partial charge on any atom is 0.0324 e. The Kier molecular flexibility index (Phi) is 2.13. The van der Waals surface area contributed by atoms with Crippen LogP contribution in [0.15, 0.2) is 0 Å². The van der Waals surface area contributed by atoms with Crippen LogP contribution in [0.1, 0.15) is 32.6 Å². The molecule has 0 unspecified atom stereocenters. The lowest BCUT2D eigenvalue weighted by atomic mass is 9.70. The average molecular weight is 168 g/mol. The molecular formula is C10H20N2. The van der Waals surface area contributed by atoms with Crippen LogP contribution >= 0.6 is 0 Å². The zero-order chi connectivity index (χ0) is 8.60. The predicted molar refractivity (Wildman–Crippen MR) is 51.0 cm³/mol. The minimum Gasteiger partial charge on any atom is -0.324 e. The lowest BCUT2D eigenvalue weighted by Gasteiger charge is -2.40. The maximum atomic E-state index is 6.23. The van der Waals surface area contributed by atoms with E-state index in [1.807, 2.05) is 0 Å². The van der Waals surface area contributed by atoms with Crippen molar-refractivity contribution in [3.63, 3.8) is 0 Å². The van der Waals surface area contributed by atoms with Gasteiger partial charge in [-0.3, -0.25) is 0 Å². The van der Waals surface area contributed by atoms with Gasteiger partial charge in [0.15, 0.2) is 0 Å². The van der Waals surface area contributed by atoms with Gasteiger partial charge in [-0.25, -0.2) is 0 Å². The molecule has 2 fully saturated rings. The Morgan fingerprint density at radius 2 is 2.42 bits per heavy atom. The Hall–Kier alpha value is -0.0800. The fraction of sp³-hybridized carbons (Fsp3) is 1.00. The topological polar surface area (TPSA) is 29.3 Å². The standard InChI is InChI=1S/C10H20N2/c1-2-3-6-12-7-9-4-5-10(9,11)8-12/h9H,2-8,11H2,1H3/t9-,10-/m0/s1. The molecular weight excluding hydrogens is 148 g/mol. The molecule has 2 heteroatoms. The summed E-state index contributed by atoms with van der Waals surface area (Å²) in [7, 11) is 0. The molecule has 2 nitrogen and oxygen atoms in total. The number of likely N-dealkylation sites (tertiary alicyclic amines) is 1. The molecule has 0 aromatic rings. The van der Waals surface area contributed by atoms with Gasteiger partial charge in [-0.15, -0.1) is 0 Å². The summed E-state index contributed by atoms with van der Waals surface area (Å²) in [5.74, 6) is 0.828. The highest BCUT2D eigenvalue weighted by Gasteiger charge is 2.49. The number of nitrogens with zero attached hydrogens (tertiary/aromatic N) is 1. The summed E-state index contributed by atoms with van der Waals surface area (Å²) in [6.45, 7) is 5.96. The van der Waals surface area contributed by atoms with Crippen LogP contribution in [0.25, 0.3) is 0 Å². The zero-order valence-electron chi connectivity index (χ0n) is 8.05. The molecule has 2 N–H and O–H groups in total. The van der Waals surface area contributed by atoms with Crippen LogP contribution in [0.3, 0.4) is 0 Å². The van der Waals surface area contributed by atoms with E-state index in [4.69, 9.17) is 5.73 Å². The van der Waals surface area contributed by atoms with Gasteiger partial charge in [0, 0.05) is 18.6 Å². The third-order valence-electron chi connectivity index (χ3n) is 3.60. The van der Waals surface area contributed by atoms with Crippen molar-refractivity contribution in [3.05, 3.63) is 0 Å². The van der Waals surface area contributed by atoms with Crippen molar-refractivity contribution in [2.24, 2.45) is 11.7 Å². The van der Waals surface area contributed by atoms with Crippen LogP contribution in [0.5, 0.6) is 0 Å². The largest absolute Gasteiger partial charge is 0.324 e. The van der Waals surface area contributed by atoms with Gasteiger partial charge in [-0.1, -0.05) is 13.3 Å². The number of unbranched alkanes of at least 4 members (excludes halogenated alkanes) is 1. The van der Waals surface area contributed by atoms with Gasteiger partial charge in [-0.05, 0) is 31.7 Å². The van der Waals surface area contributed by atoms with Gasteiger partial charge in [0.1, 0.15) is 0 Å². The molecule has 12 heavy (non-hydrogen) atoms. The Labute approximate surface area is 75.1 Å². The second-order valence-electron chi connectivity index (χ2n) is 4.56. The second-order valence-corrected chi connectivity index (χ2v) is 4.56. The monoisotopic (exact) mass is 168 g/mol. The van der Waals surface area contributed by atoms with Crippen molar-refractivity contribution < 1.29 is 0 Å². The Bertz CT molecular complexity index is 169. The molecule has 1 aliphatic heterocycles. The summed E-state index contributed by atoms with van der Waals surface area (Å²) >= 11 is 0. The fourth-order valence-corrected chi connectivity index (χ4v) is 2.55. The van der Waals surface area contributed by atoms with E-state index in [0.29, 0.717) is 0 Å². The highest BCUT2D eigenvalue weighted by Crippen LogP contribution is 2.42. The summed E-state index contributed by atoms with van der Waals surface area (Å²) in [5, 5.41) is 0. The van der Waals surface area contributed by atoms with E-state index < -0.39 is 0 Å². The molecule has 0 bridgehead atoms. The molecule has 2 aliphatic rings. The molecule has 1 aliphatic carbocycles. The first kappa shape index (κ1) is 8.52. The molecule has 0 aromatic heterocycles. The molecule has 0 aromatic carbocycles. The third-order valence-corrected chi connectivity index (χ3v) is 3.60. The van der Waals surface area contributed by atoms with Gasteiger partial charge >= 0.3 is 0 Å². The van der Waals surface area contributed by atoms with E-state index in [2.05, 4.69) is 11.8 Å². The summed E-state index contributed by atoms with van der Waals surface area (Å²) < 4.78 is 0. The second kappa shape index (κ2) is 3.00. The third kappa shape index (κ3) is 1.27. The van der Waals surface area contributed by atoms with E-state index >= 15 is 0 Å². The molecule has 1 heterocycles. The SMILES string of the molecule is CCCCN1C[C@@H]2CC[C@]2(N)C1. The molecule has 2 atom stereocenters. The van der Waals surface area contributed by atoms with Gasteiger partial charge in [0.2, 0.25) is 0 Å². The Balaban J connectivity index is 1.81. The van der Waals surface area contributed by atoms with Crippen molar-refractivity contribution in [2.45, 2.75) is 38.1 Å². The van der Waals surface area contributed by atoms with Crippen LogP contribution in [0.4, 0.5) is 0 Å². The van der Waals surface area contributed by atoms with E-state index in [-0.39, 0.29) is 5.54 Å². The van der Waals surface area contributed by atoms with E-state index in [9.17, 15) is 0 Å². The van der Waals surface area contributed by atoms with Gasteiger partial charge in [-0.2, -0.15) is 0 Å². The molecule has 1 saturated heterocycles. The van der Waals surface area contributed by atoms with Crippen LogP contribution in [-0.2, 0) is 0 Å². The van der Waals surface area contributed by atoms with E-state index in [1.54, 1.807) is 0 Å². The first-order valence-corrected chi connectivity index (χ1v) is 5.26. The van der Waals surface area contributed by atoms with Crippen molar-refractivity contribution in [1.29, 1.82) is 0 Å². The zero-order valence-corrected chi connectivity index (χ0v) is 8.05. The van der Waals surface area contributed by atoms with Crippen LogP contribution in [0, 0.1) is 5.92 Å². The van der Waals surface area contributed by atoms with Crippen LogP contribution in [0.2, 0.25) is 0 Å². The average Bonchev–Trinajstić information content (AvgIpc) is 2.26. The summed E-state index contributed by atoms with van der Waals surface area (Å²) in [6.07, 6.45) is 5.28. The minimum atomic E-state index is 0.230. The highest BCUT2D eigenvalue weighted by atomic mass is 15.2. The number of fused-ring (bicyclic) bond motifs is 1. The molecule has 0 amide bonds. The van der Waals surface area contributed by atoms with Gasteiger partial charge in [0.25, 0.3) is 0 Å². The normalized spacial score (nSPS) is 41.0. The molecule has 70 valence electrons. The minimum absolute atomic E-state index is 0.230. The van der Waals surface area contributed by atoms with Crippen molar-refractivity contribution in [1.82, 2.24) is 4.90 Å². The van der Waals surface area contributed by atoms with Gasteiger partial charge < -0.3 is 10.6 Å². The van der Waals surface area contributed by atoms with E-state index in [0.717, 1.165) is 12.5 Å². The van der Waals surface area contributed by atoms with Crippen molar-refractivity contribution in [3.8, 4) is 0 Å². The number of rotatable bonds is 3. The summed E-state index contributed by atoms with van der Waals surface area (Å²) in [4.78, 5) is 2.56. The smallest absolute Gasteiger partial charge is 0.0324 e. The first-order chi connectivity index (χ1) is 5.74. The Morgan fingerprint density at radius 3 is 2.83 bits per heavy atom. The molecule has 2 rings (SSSR count). The predicted octanol–water partition coefficient (Wildman–Crippen LogP) is 1.21. The number of nitrogens with two attached hydrogens (primary N) is 1. The van der Waals surface area contributed by atoms with Crippen LogP contribution in [-0.4, -0.2) is 30.1 Å². The molecule has 0 spiro atoms. The van der Waals surface area contributed by atoms with Gasteiger partial charge in [0.05, 0.1) is 0 Å². The lowest BCUT2D eigenvalue weighted by molar-refractivity contribution is 0.188. The molecule has 1 saturated carbocycles.